The van der Waals surface area contributed by atoms with E-state index in [0.717, 1.165) is 0 Å². The summed E-state index contributed by atoms with van der Waals surface area (Å²) in [4.78, 5) is 0. The van der Waals surface area contributed by atoms with Crippen molar-refractivity contribution < 1.29 is 0 Å². The summed E-state index contributed by atoms with van der Waals surface area (Å²) < 4.78 is 0. The van der Waals surface area contributed by atoms with Gasteiger partial charge >= 0.3 is 47.3 Å². The first kappa shape index (κ1) is 5.75. The van der Waals surface area contributed by atoms with E-state index in [-0.39, 0.29) is 0 Å². The van der Waals surface area contributed by atoms with Crippen LogP contribution in [0.2, 0.25) is 6.04 Å². The Bertz CT molecular complexity index is 28.1. The summed E-state index contributed by atoms with van der Waals surface area (Å²) in [6.45, 7) is 3.59. The summed E-state index contributed by atoms with van der Waals surface area (Å²) in [6.07, 6.45) is 1.99. The van der Waals surface area contributed by atoms with Gasteiger partial charge < -0.3 is 0 Å². The Balaban J connectivity index is 2.40. The van der Waals surface area contributed by atoms with Gasteiger partial charge in [-0.05, 0) is 0 Å². The molecule has 0 nitrogen and oxygen atoms in total. The van der Waals surface area contributed by atoms with Crippen LogP contribution in [0.25, 0.3) is 0 Å². The van der Waals surface area contributed by atoms with Crippen LogP contribution in [0.3, 0.4) is 0 Å². The molecule has 5 heavy (non-hydrogen) atoms. The van der Waals surface area contributed by atoms with E-state index in [1.807, 2.05) is 6.08 Å². The molecular formula is C3H7SiTe. The van der Waals surface area contributed by atoms with Crippen LogP contribution in [0.5, 0.6) is 0 Å². The van der Waals surface area contributed by atoms with Gasteiger partial charge in [0, 0.05) is 0 Å². The van der Waals surface area contributed by atoms with Crippen LogP contribution in [0.1, 0.15) is 0 Å². The van der Waals surface area contributed by atoms with Crippen molar-refractivity contribution in [2.45, 2.75) is 6.04 Å². The van der Waals surface area contributed by atoms with Crippen LogP contribution >= 0.6 is 0 Å². The molecule has 2 heteroatoms. The van der Waals surface area contributed by atoms with Crippen LogP contribution in [-0.2, 0) is 0 Å². The van der Waals surface area contributed by atoms with E-state index < -0.39 is 0 Å². The maximum absolute atomic E-state index is 3.59. The van der Waals surface area contributed by atoms with Crippen LogP contribution < -0.4 is 0 Å². The second-order valence-corrected chi connectivity index (χ2v) is 5.26. The molecule has 0 atom stereocenters. The molecule has 0 aromatic rings. The third-order valence-corrected chi connectivity index (χ3v) is 2.98. The normalized spacial score (nSPS) is 9.80. The molecule has 0 bridgehead atoms. The minimum atomic E-state index is 0.306. The van der Waals surface area contributed by atoms with Gasteiger partial charge in [0.15, 0.2) is 0 Å². The summed E-state index contributed by atoms with van der Waals surface area (Å²) in [6, 6.07) is 1.30. The molecule has 0 aromatic heterocycles. The first-order valence-corrected chi connectivity index (χ1v) is 8.13. The summed E-state index contributed by atoms with van der Waals surface area (Å²) in [5, 5.41) is 0. The van der Waals surface area contributed by atoms with Crippen molar-refractivity contribution in [3.05, 3.63) is 12.7 Å². The summed E-state index contributed by atoms with van der Waals surface area (Å²) >= 11 is 2.22. The van der Waals surface area contributed by atoms with E-state index in [1.165, 1.54) is 6.04 Å². The van der Waals surface area contributed by atoms with Gasteiger partial charge in [-0.2, -0.15) is 0 Å². The van der Waals surface area contributed by atoms with Gasteiger partial charge in [-0.3, -0.25) is 0 Å². The molecule has 0 aliphatic carbocycles. The molecule has 0 aliphatic heterocycles. The molecule has 0 rings (SSSR count). The molecule has 0 amide bonds. The molecule has 0 aliphatic rings. The predicted octanol–water partition coefficient (Wildman–Crippen LogP) is -0.157. The van der Waals surface area contributed by atoms with Crippen molar-refractivity contribution in [1.29, 1.82) is 0 Å². The van der Waals surface area contributed by atoms with Crippen molar-refractivity contribution >= 4 is 28.6 Å². The Morgan fingerprint density at radius 2 is 2.60 bits per heavy atom. The van der Waals surface area contributed by atoms with Crippen molar-refractivity contribution in [2.75, 3.05) is 0 Å². The second-order valence-electron chi connectivity index (χ2n) is 0.781. The Morgan fingerprint density at radius 3 is 2.60 bits per heavy atom. The Morgan fingerprint density at radius 1 is 2.00 bits per heavy atom. The first-order chi connectivity index (χ1) is 2.41. The minimum absolute atomic E-state index is 0.306. The van der Waals surface area contributed by atoms with E-state index >= 15 is 0 Å². The van der Waals surface area contributed by atoms with E-state index in [2.05, 4.69) is 28.1 Å². The van der Waals surface area contributed by atoms with Crippen LogP contribution in [-0.4, -0.2) is 28.6 Å². The molecule has 0 N–H and O–H groups in total. The molecule has 0 heterocycles. The second kappa shape index (κ2) is 4.75. The number of allylic oxidation sites excluding steroid dienone is 1. The van der Waals surface area contributed by atoms with Gasteiger partial charge in [-0.15, -0.1) is 0 Å². The van der Waals surface area contributed by atoms with E-state index in [9.17, 15) is 0 Å². The van der Waals surface area contributed by atoms with Gasteiger partial charge in [0.25, 0.3) is 0 Å². The topological polar surface area (TPSA) is 0 Å². The van der Waals surface area contributed by atoms with Crippen LogP contribution in [0.15, 0.2) is 12.7 Å². The molecule has 0 saturated heterocycles. The Hall–Kier alpha value is 0.746. The maximum atomic E-state index is 3.59. The molecule has 0 unspecified atom stereocenters. The van der Waals surface area contributed by atoms with Crippen molar-refractivity contribution in [3.8, 4) is 0 Å². The number of hydrogen-bond donors (Lipinski definition) is 0. The van der Waals surface area contributed by atoms with E-state index in [1.54, 1.807) is 0 Å². The van der Waals surface area contributed by atoms with Crippen molar-refractivity contribution in [2.24, 2.45) is 0 Å². The summed E-state index contributed by atoms with van der Waals surface area (Å²) in [5.74, 6) is 0. The predicted molar refractivity (Wildman–Crippen MR) is 29.3 cm³/mol. The molecule has 1 radical (unpaired) electrons. The Labute approximate surface area is 47.5 Å². The summed E-state index contributed by atoms with van der Waals surface area (Å²) in [5.41, 5.74) is 0. The number of rotatable bonds is 2. The molecule has 0 spiro atoms. The monoisotopic (exact) mass is 201 g/mol. The van der Waals surface area contributed by atoms with Gasteiger partial charge in [0.05, 0.1) is 0 Å². The quantitative estimate of drug-likeness (QED) is 0.428. The molecule has 0 saturated carbocycles. The zero-order valence-corrected chi connectivity index (χ0v) is 6.85. The average Bonchev–Trinajstić information content (AvgIpc) is 1.41. The fourth-order valence-electron chi connectivity index (χ4n) is 0.0833. The number of hydrogen-bond acceptors (Lipinski definition) is 0. The van der Waals surface area contributed by atoms with Crippen LogP contribution in [0.4, 0.5) is 0 Å². The van der Waals surface area contributed by atoms with Crippen molar-refractivity contribution in [3.63, 3.8) is 0 Å². The van der Waals surface area contributed by atoms with E-state index in [4.69, 9.17) is 0 Å². The van der Waals surface area contributed by atoms with Crippen molar-refractivity contribution in [1.82, 2.24) is 0 Å². The van der Waals surface area contributed by atoms with Crippen LogP contribution in [0, 0.1) is 0 Å². The average molecular weight is 199 g/mol. The molecule has 29 valence electrons. The fourth-order valence-corrected chi connectivity index (χ4v) is 1.68. The van der Waals surface area contributed by atoms with Gasteiger partial charge in [-0.1, -0.05) is 0 Å². The molecular weight excluding hydrogens is 192 g/mol. The molecule has 0 aromatic carbocycles. The van der Waals surface area contributed by atoms with E-state index in [0.29, 0.717) is 7.07 Å². The zero-order chi connectivity index (χ0) is 4.12. The van der Waals surface area contributed by atoms with Gasteiger partial charge in [0.2, 0.25) is 0 Å². The zero-order valence-electron chi connectivity index (χ0n) is 3.11. The Kier molecular flexibility index (Phi) is 5.46. The van der Waals surface area contributed by atoms with Gasteiger partial charge in [0.1, 0.15) is 0 Å². The first-order valence-electron chi connectivity index (χ1n) is 1.61. The van der Waals surface area contributed by atoms with Gasteiger partial charge in [-0.25, -0.2) is 0 Å². The standard InChI is InChI=1S/C3H7SiTe/c1-2-3-4-5/h2H,1,3-4H2. The third-order valence-electron chi connectivity index (χ3n) is 0.322. The third kappa shape index (κ3) is 4.75. The molecule has 0 fully saturated rings. The fraction of sp³-hybridized carbons (Fsp3) is 0.333. The SMILES string of the molecule is C=CC[SiH2][Te]. The summed E-state index contributed by atoms with van der Waals surface area (Å²) in [7, 11) is 0.306.